The van der Waals surface area contributed by atoms with Gasteiger partial charge in [-0.05, 0) is 24.5 Å². The van der Waals surface area contributed by atoms with Crippen molar-refractivity contribution < 1.29 is 5.11 Å². The molecule has 0 unspecified atom stereocenters. The second-order valence-corrected chi connectivity index (χ2v) is 5.15. The normalized spacial score (nSPS) is 11.4. The van der Waals surface area contributed by atoms with Crippen molar-refractivity contribution in [2.24, 2.45) is 0 Å². The minimum Gasteiger partial charge on any atom is -0.480 e. The predicted molar refractivity (Wildman–Crippen MR) is 84.2 cm³/mol. The Morgan fingerprint density at radius 1 is 1.10 bits per heavy atom. The maximum absolute atomic E-state index is 10.3. The topological polar surface area (TPSA) is 50.9 Å². The Kier molecular flexibility index (Phi) is 3.60. The molecular weight excluding hydrogens is 262 g/mol. The molecule has 1 N–H and O–H groups in total. The Morgan fingerprint density at radius 3 is 2.48 bits per heavy atom. The Balaban J connectivity index is 2.31. The van der Waals surface area contributed by atoms with E-state index in [2.05, 4.69) is 35.9 Å². The summed E-state index contributed by atoms with van der Waals surface area (Å²) in [4.78, 5) is 8.53. The first-order chi connectivity index (χ1) is 10.3. The number of hydrogen-bond donors (Lipinski definition) is 1. The van der Waals surface area contributed by atoms with Gasteiger partial charge in [-0.15, -0.1) is 0 Å². The average Bonchev–Trinajstić information content (AvgIpc) is 2.86. The number of hydrogen-bond acceptors (Lipinski definition) is 3. The van der Waals surface area contributed by atoms with Gasteiger partial charge in [0.05, 0.1) is 5.52 Å². The van der Waals surface area contributed by atoms with Crippen molar-refractivity contribution in [3.63, 3.8) is 0 Å². The number of aromatic hydroxyl groups is 1. The third-order valence-electron chi connectivity index (χ3n) is 3.96. The molecule has 0 amide bonds. The highest BCUT2D eigenvalue weighted by atomic mass is 16.3. The molecule has 0 spiro atoms. The van der Waals surface area contributed by atoms with E-state index in [-0.39, 0.29) is 12.1 Å². The van der Waals surface area contributed by atoms with Gasteiger partial charge in [-0.25, -0.2) is 4.98 Å². The molecular formula is C17H19N3O. The molecule has 3 rings (SSSR count). The second kappa shape index (κ2) is 5.56. The number of imidazole rings is 1. The molecule has 0 saturated heterocycles. The van der Waals surface area contributed by atoms with Gasteiger partial charge in [0.15, 0.2) is 5.65 Å². The van der Waals surface area contributed by atoms with Crippen LogP contribution in [0.25, 0.3) is 22.3 Å². The van der Waals surface area contributed by atoms with Crippen molar-refractivity contribution >= 4 is 11.2 Å². The first-order valence-electron chi connectivity index (χ1n) is 7.37. The largest absolute Gasteiger partial charge is 0.480 e. The van der Waals surface area contributed by atoms with E-state index in [0.717, 1.165) is 29.5 Å². The number of fused-ring (bicyclic) bond motifs is 1. The Bertz CT molecular complexity index is 745. The molecule has 2 aromatic heterocycles. The molecule has 108 valence electrons. The van der Waals surface area contributed by atoms with Gasteiger partial charge in [-0.1, -0.05) is 44.2 Å². The van der Waals surface area contributed by atoms with Gasteiger partial charge in [0.25, 0.3) is 6.01 Å². The van der Waals surface area contributed by atoms with Gasteiger partial charge in [0, 0.05) is 17.8 Å². The van der Waals surface area contributed by atoms with E-state index in [4.69, 9.17) is 0 Å². The highest BCUT2D eigenvalue weighted by molar-refractivity contribution is 5.90. The van der Waals surface area contributed by atoms with Crippen LogP contribution in [0.4, 0.5) is 0 Å². The van der Waals surface area contributed by atoms with Crippen molar-refractivity contribution in [3.05, 3.63) is 42.6 Å². The molecule has 21 heavy (non-hydrogen) atoms. The lowest BCUT2D eigenvalue weighted by atomic mass is 10.1. The van der Waals surface area contributed by atoms with Gasteiger partial charge >= 0.3 is 0 Å². The van der Waals surface area contributed by atoms with E-state index in [9.17, 15) is 5.11 Å². The van der Waals surface area contributed by atoms with E-state index < -0.39 is 0 Å². The highest BCUT2D eigenvalue weighted by Crippen LogP contribution is 2.34. The molecule has 0 atom stereocenters. The summed E-state index contributed by atoms with van der Waals surface area (Å²) >= 11 is 0. The fourth-order valence-corrected chi connectivity index (χ4v) is 2.86. The van der Waals surface area contributed by atoms with Gasteiger partial charge < -0.3 is 5.11 Å². The van der Waals surface area contributed by atoms with Crippen LogP contribution in [-0.4, -0.2) is 19.6 Å². The molecule has 0 bridgehead atoms. The third-order valence-corrected chi connectivity index (χ3v) is 3.96. The van der Waals surface area contributed by atoms with Crippen LogP contribution >= 0.6 is 0 Å². The van der Waals surface area contributed by atoms with Gasteiger partial charge in [-0.3, -0.25) is 4.57 Å². The van der Waals surface area contributed by atoms with Crippen molar-refractivity contribution in [2.75, 3.05) is 0 Å². The number of aromatic nitrogens is 3. The summed E-state index contributed by atoms with van der Waals surface area (Å²) in [5.41, 5.74) is 3.67. The summed E-state index contributed by atoms with van der Waals surface area (Å²) in [7, 11) is 0. The van der Waals surface area contributed by atoms with Crippen LogP contribution < -0.4 is 0 Å². The van der Waals surface area contributed by atoms with Gasteiger partial charge in [0.1, 0.15) is 0 Å². The van der Waals surface area contributed by atoms with Crippen molar-refractivity contribution in [1.82, 2.24) is 14.5 Å². The standard InChI is InChI=1S/C17H19N3O/c1-3-13(4-2)20-15-14(12-8-6-5-7-9-12)10-11-18-16(15)19-17(20)21/h5-11,13H,3-4H2,1-2H3,(H,18,19,21). The summed E-state index contributed by atoms with van der Waals surface area (Å²) in [5.74, 6) is 0. The van der Waals surface area contributed by atoms with Crippen LogP contribution in [0.1, 0.15) is 32.7 Å². The van der Waals surface area contributed by atoms with Gasteiger partial charge in [-0.2, -0.15) is 4.98 Å². The fourth-order valence-electron chi connectivity index (χ4n) is 2.86. The molecule has 0 radical (unpaired) electrons. The van der Waals surface area contributed by atoms with Crippen LogP contribution in [-0.2, 0) is 0 Å². The molecule has 4 heteroatoms. The average molecular weight is 281 g/mol. The number of benzene rings is 1. The minimum absolute atomic E-state index is 0.0505. The molecule has 0 saturated carbocycles. The van der Waals surface area contributed by atoms with E-state index in [1.54, 1.807) is 6.20 Å². The van der Waals surface area contributed by atoms with Crippen molar-refractivity contribution in [3.8, 4) is 17.1 Å². The SMILES string of the molecule is CCC(CC)n1c(O)nc2nccc(-c3ccccc3)c21. The van der Waals surface area contributed by atoms with Crippen molar-refractivity contribution in [2.45, 2.75) is 32.7 Å². The molecule has 1 aromatic carbocycles. The van der Waals surface area contributed by atoms with E-state index in [1.165, 1.54) is 0 Å². The summed E-state index contributed by atoms with van der Waals surface area (Å²) in [6.07, 6.45) is 3.63. The summed E-state index contributed by atoms with van der Waals surface area (Å²) in [6.45, 7) is 4.25. The van der Waals surface area contributed by atoms with E-state index >= 15 is 0 Å². The summed E-state index contributed by atoms with van der Waals surface area (Å²) < 4.78 is 1.92. The smallest absolute Gasteiger partial charge is 0.296 e. The second-order valence-electron chi connectivity index (χ2n) is 5.15. The predicted octanol–water partition coefficient (Wildman–Crippen LogP) is 4.17. The molecule has 0 aliphatic rings. The number of nitrogens with zero attached hydrogens (tertiary/aromatic N) is 3. The molecule has 0 aliphatic carbocycles. The van der Waals surface area contributed by atoms with Crippen LogP contribution in [0.2, 0.25) is 0 Å². The van der Waals surface area contributed by atoms with Crippen LogP contribution in [0.15, 0.2) is 42.6 Å². The maximum atomic E-state index is 10.3. The summed E-state index contributed by atoms with van der Waals surface area (Å²) in [6, 6.07) is 12.4. The van der Waals surface area contributed by atoms with Gasteiger partial charge in [0.2, 0.25) is 0 Å². The molecule has 2 heterocycles. The Morgan fingerprint density at radius 2 is 1.81 bits per heavy atom. The maximum Gasteiger partial charge on any atom is 0.296 e. The summed E-state index contributed by atoms with van der Waals surface area (Å²) in [5, 5.41) is 10.3. The minimum atomic E-state index is 0.0505. The lowest BCUT2D eigenvalue weighted by Crippen LogP contribution is -2.07. The Labute approximate surface area is 124 Å². The quantitative estimate of drug-likeness (QED) is 0.781. The zero-order valence-corrected chi connectivity index (χ0v) is 12.3. The Hall–Kier alpha value is -2.36. The molecule has 0 aliphatic heterocycles. The number of rotatable bonds is 4. The van der Waals surface area contributed by atoms with E-state index in [0.29, 0.717) is 5.65 Å². The highest BCUT2D eigenvalue weighted by Gasteiger charge is 2.20. The van der Waals surface area contributed by atoms with Crippen LogP contribution in [0.3, 0.4) is 0 Å². The molecule has 0 fully saturated rings. The molecule has 3 aromatic rings. The first-order valence-corrected chi connectivity index (χ1v) is 7.37. The van der Waals surface area contributed by atoms with E-state index in [1.807, 2.05) is 28.8 Å². The first kappa shape index (κ1) is 13.6. The van der Waals surface area contributed by atoms with Crippen molar-refractivity contribution in [1.29, 1.82) is 0 Å². The third kappa shape index (κ3) is 2.27. The van der Waals surface area contributed by atoms with Crippen LogP contribution in [0.5, 0.6) is 6.01 Å². The lowest BCUT2D eigenvalue weighted by Gasteiger charge is -2.17. The monoisotopic (exact) mass is 281 g/mol. The van der Waals surface area contributed by atoms with Crippen LogP contribution in [0, 0.1) is 0 Å². The zero-order valence-electron chi connectivity index (χ0n) is 12.3. The zero-order chi connectivity index (χ0) is 14.8. The fraction of sp³-hybridized carbons (Fsp3) is 0.294. The lowest BCUT2D eigenvalue weighted by molar-refractivity contribution is 0.362. The molecule has 4 nitrogen and oxygen atoms in total. The number of pyridine rings is 1.